The lowest BCUT2D eigenvalue weighted by Gasteiger charge is -2.07. The number of carbonyl (C=O) groups excluding carboxylic acids is 1. The number of hydrogen-bond donors (Lipinski definition) is 0. The van der Waals surface area contributed by atoms with Gasteiger partial charge in [0, 0.05) is 0 Å². The Hall–Kier alpha value is -2.12. The average molecular weight is 243 g/mol. The van der Waals surface area contributed by atoms with Crippen molar-refractivity contribution in [2.75, 3.05) is 13.7 Å². The third kappa shape index (κ3) is 2.71. The van der Waals surface area contributed by atoms with E-state index >= 15 is 0 Å². The van der Waals surface area contributed by atoms with Crippen molar-refractivity contribution in [3.63, 3.8) is 0 Å². The van der Waals surface area contributed by atoms with E-state index in [1.54, 1.807) is 6.92 Å². The first kappa shape index (κ1) is 12.9. The third-order valence-electron chi connectivity index (χ3n) is 2.10. The number of aromatic nitrogens is 2. The molecular weight excluding hydrogens is 230 g/mol. The zero-order valence-electron chi connectivity index (χ0n) is 9.74. The van der Waals surface area contributed by atoms with E-state index in [0.29, 0.717) is 0 Å². The molecule has 0 aliphatic rings. The third-order valence-corrected chi connectivity index (χ3v) is 2.10. The summed E-state index contributed by atoms with van der Waals surface area (Å²) in [5.41, 5.74) is -0.275. The van der Waals surface area contributed by atoms with Crippen LogP contribution in [0.4, 0.5) is 5.69 Å². The van der Waals surface area contributed by atoms with Gasteiger partial charge >= 0.3 is 17.5 Å². The summed E-state index contributed by atoms with van der Waals surface area (Å²) < 4.78 is 10.7. The van der Waals surface area contributed by atoms with Crippen molar-refractivity contribution in [1.82, 2.24) is 9.78 Å². The number of hydrogen-bond acceptors (Lipinski definition) is 6. The molecule has 1 aromatic rings. The van der Waals surface area contributed by atoms with Gasteiger partial charge in [0.1, 0.15) is 12.2 Å². The van der Waals surface area contributed by atoms with E-state index in [1.807, 2.05) is 0 Å². The van der Waals surface area contributed by atoms with E-state index in [2.05, 4.69) is 9.84 Å². The van der Waals surface area contributed by atoms with Crippen LogP contribution < -0.4 is 4.74 Å². The van der Waals surface area contributed by atoms with Crippen LogP contribution in [0.5, 0.6) is 5.88 Å². The van der Waals surface area contributed by atoms with Crippen LogP contribution in [0.15, 0.2) is 6.20 Å². The predicted octanol–water partition coefficient (Wildman–Crippen LogP) is 0.924. The van der Waals surface area contributed by atoms with Crippen molar-refractivity contribution in [2.24, 2.45) is 0 Å². The standard InChI is InChI=1S/C9H13N3O5/c1-4-17-8-7(12(14)15)5-11(10-8)6(2)9(13)16-3/h5-6H,4H2,1-3H3/t6-/m1/s1. The molecule has 8 nitrogen and oxygen atoms in total. The summed E-state index contributed by atoms with van der Waals surface area (Å²) in [6, 6.07) is -0.743. The summed E-state index contributed by atoms with van der Waals surface area (Å²) in [6.45, 7) is 3.47. The van der Waals surface area contributed by atoms with Gasteiger partial charge in [0.05, 0.1) is 18.6 Å². The fraction of sp³-hybridized carbons (Fsp3) is 0.556. The van der Waals surface area contributed by atoms with E-state index < -0.39 is 16.9 Å². The van der Waals surface area contributed by atoms with Crippen molar-refractivity contribution in [3.8, 4) is 5.88 Å². The number of rotatable bonds is 5. The van der Waals surface area contributed by atoms with E-state index in [9.17, 15) is 14.9 Å². The summed E-state index contributed by atoms with van der Waals surface area (Å²) in [5.74, 6) is -0.640. The van der Waals surface area contributed by atoms with Crippen molar-refractivity contribution in [2.45, 2.75) is 19.9 Å². The number of ether oxygens (including phenoxy) is 2. The van der Waals surface area contributed by atoms with Gasteiger partial charge in [-0.05, 0) is 13.8 Å². The molecular formula is C9H13N3O5. The smallest absolute Gasteiger partial charge is 0.350 e. The highest BCUT2D eigenvalue weighted by Crippen LogP contribution is 2.26. The summed E-state index contributed by atoms with van der Waals surface area (Å²) in [6.07, 6.45) is 1.15. The predicted molar refractivity (Wildman–Crippen MR) is 56.8 cm³/mol. The Morgan fingerprint density at radius 3 is 2.82 bits per heavy atom. The molecule has 1 atom stereocenters. The molecule has 0 amide bonds. The first-order valence-corrected chi connectivity index (χ1v) is 4.95. The van der Waals surface area contributed by atoms with E-state index in [-0.39, 0.29) is 18.2 Å². The molecule has 17 heavy (non-hydrogen) atoms. The SMILES string of the molecule is CCOc1nn([C@H](C)C(=O)OC)cc1[N+](=O)[O-]. The molecule has 0 fully saturated rings. The first-order valence-electron chi connectivity index (χ1n) is 4.95. The van der Waals surface area contributed by atoms with Gasteiger partial charge in [-0.2, -0.15) is 0 Å². The molecule has 0 radical (unpaired) electrons. The van der Waals surface area contributed by atoms with Crippen molar-refractivity contribution in [3.05, 3.63) is 16.3 Å². The molecule has 1 rings (SSSR count). The van der Waals surface area contributed by atoms with Crippen LogP contribution >= 0.6 is 0 Å². The molecule has 0 aromatic carbocycles. The molecule has 0 unspecified atom stereocenters. The summed E-state index contributed by atoms with van der Waals surface area (Å²) in [4.78, 5) is 21.4. The Bertz CT molecular complexity index is 428. The van der Waals surface area contributed by atoms with Gasteiger partial charge < -0.3 is 9.47 Å². The molecule has 0 aliphatic carbocycles. The lowest BCUT2D eigenvalue weighted by Crippen LogP contribution is -2.18. The molecule has 0 spiro atoms. The van der Waals surface area contributed by atoms with E-state index in [1.165, 1.54) is 14.0 Å². The molecule has 0 saturated heterocycles. The highest BCUT2D eigenvalue weighted by atomic mass is 16.6. The Kier molecular flexibility index (Phi) is 4.02. The maximum absolute atomic E-state index is 11.3. The van der Waals surface area contributed by atoms with Gasteiger partial charge in [-0.1, -0.05) is 0 Å². The summed E-state index contributed by atoms with van der Waals surface area (Å²) >= 11 is 0. The molecule has 0 N–H and O–H groups in total. The Morgan fingerprint density at radius 2 is 2.35 bits per heavy atom. The molecule has 1 heterocycles. The van der Waals surface area contributed by atoms with Crippen LogP contribution in [0.2, 0.25) is 0 Å². The van der Waals surface area contributed by atoms with Gasteiger partial charge in [0.25, 0.3) is 0 Å². The highest BCUT2D eigenvalue weighted by molar-refractivity contribution is 5.73. The second kappa shape index (κ2) is 5.28. The topological polar surface area (TPSA) is 96.5 Å². The van der Waals surface area contributed by atoms with Crippen LogP contribution in [0.25, 0.3) is 0 Å². The first-order chi connectivity index (χ1) is 8.01. The van der Waals surface area contributed by atoms with Gasteiger partial charge in [-0.25, -0.2) is 9.48 Å². The van der Waals surface area contributed by atoms with Gasteiger partial charge in [0.15, 0.2) is 0 Å². The lowest BCUT2D eigenvalue weighted by molar-refractivity contribution is -0.386. The minimum absolute atomic E-state index is 0.103. The van der Waals surface area contributed by atoms with Crippen LogP contribution in [0, 0.1) is 10.1 Å². The van der Waals surface area contributed by atoms with E-state index in [4.69, 9.17) is 4.74 Å². The molecule has 8 heteroatoms. The van der Waals surface area contributed by atoms with Crippen LogP contribution in [0.3, 0.4) is 0 Å². The molecule has 0 bridgehead atoms. The van der Waals surface area contributed by atoms with Gasteiger partial charge in [-0.15, -0.1) is 5.10 Å². The quantitative estimate of drug-likeness (QED) is 0.433. The molecule has 0 aliphatic heterocycles. The second-order valence-corrected chi connectivity index (χ2v) is 3.19. The number of esters is 1. The second-order valence-electron chi connectivity index (χ2n) is 3.19. The van der Waals surface area contributed by atoms with Crippen LogP contribution in [-0.2, 0) is 9.53 Å². The highest BCUT2D eigenvalue weighted by Gasteiger charge is 2.25. The minimum Gasteiger partial charge on any atom is -0.472 e. The minimum atomic E-state index is -0.743. The lowest BCUT2D eigenvalue weighted by atomic mass is 10.3. The van der Waals surface area contributed by atoms with Gasteiger partial charge in [-0.3, -0.25) is 10.1 Å². The maximum Gasteiger partial charge on any atom is 0.350 e. The van der Waals surface area contributed by atoms with Crippen LogP contribution in [-0.4, -0.2) is 34.4 Å². The largest absolute Gasteiger partial charge is 0.472 e. The Balaban J connectivity index is 3.06. The molecule has 1 aromatic heterocycles. The number of nitro groups is 1. The van der Waals surface area contributed by atoms with Crippen molar-refractivity contribution < 1.29 is 19.2 Å². The summed E-state index contributed by atoms with van der Waals surface area (Å²) in [7, 11) is 1.24. The van der Waals surface area contributed by atoms with Gasteiger partial charge in [0.2, 0.25) is 0 Å². The Morgan fingerprint density at radius 1 is 1.71 bits per heavy atom. The maximum atomic E-state index is 11.3. The van der Waals surface area contributed by atoms with Crippen LogP contribution in [0.1, 0.15) is 19.9 Å². The number of carbonyl (C=O) groups is 1. The number of nitrogens with zero attached hydrogens (tertiary/aromatic N) is 3. The normalized spacial score (nSPS) is 11.9. The van der Waals surface area contributed by atoms with Crippen molar-refractivity contribution >= 4 is 11.7 Å². The van der Waals surface area contributed by atoms with E-state index in [0.717, 1.165) is 10.9 Å². The summed E-state index contributed by atoms with van der Waals surface area (Å²) in [5, 5.41) is 14.6. The fourth-order valence-corrected chi connectivity index (χ4v) is 1.21. The average Bonchev–Trinajstić information content (AvgIpc) is 2.71. The zero-order valence-corrected chi connectivity index (χ0v) is 9.74. The zero-order chi connectivity index (χ0) is 13.0. The molecule has 94 valence electrons. The Labute approximate surface area is 97.3 Å². The number of methoxy groups -OCH3 is 1. The monoisotopic (exact) mass is 243 g/mol. The van der Waals surface area contributed by atoms with Crippen molar-refractivity contribution in [1.29, 1.82) is 0 Å². The fourth-order valence-electron chi connectivity index (χ4n) is 1.21. The molecule has 0 saturated carbocycles.